The van der Waals surface area contributed by atoms with Gasteiger partial charge in [-0.05, 0) is 37.5 Å². The van der Waals surface area contributed by atoms with Crippen molar-refractivity contribution in [2.24, 2.45) is 13.0 Å². The van der Waals surface area contributed by atoms with Crippen molar-refractivity contribution in [2.75, 3.05) is 38.6 Å². The molecule has 4 amide bonds. The molecule has 1 unspecified atom stereocenters. The third-order valence-electron chi connectivity index (χ3n) is 10.7. The Hall–Kier alpha value is -5.05. The number of nitrogens with one attached hydrogen (secondary N) is 3. The van der Waals surface area contributed by atoms with Crippen LogP contribution in [0.5, 0.6) is 5.88 Å². The molecule has 6 heterocycles. The van der Waals surface area contributed by atoms with E-state index in [9.17, 15) is 19.2 Å². The Morgan fingerprint density at radius 2 is 1.76 bits per heavy atom. The number of methoxy groups -OCH3 is 1. The first-order valence-electron chi connectivity index (χ1n) is 18.4. The van der Waals surface area contributed by atoms with E-state index < -0.39 is 5.91 Å². The maximum atomic E-state index is 13.7. The van der Waals surface area contributed by atoms with E-state index in [0.29, 0.717) is 110 Å². The minimum absolute atomic E-state index is 0.0330. The van der Waals surface area contributed by atoms with E-state index in [0.717, 1.165) is 17.7 Å². The van der Waals surface area contributed by atoms with Crippen LogP contribution in [0.1, 0.15) is 60.2 Å². The van der Waals surface area contributed by atoms with Gasteiger partial charge in [0.05, 0.1) is 46.5 Å². The molecule has 288 valence electrons. The van der Waals surface area contributed by atoms with E-state index in [1.807, 2.05) is 17.0 Å². The second-order valence-electron chi connectivity index (χ2n) is 14.1. The van der Waals surface area contributed by atoms with Gasteiger partial charge in [0.15, 0.2) is 5.82 Å². The summed E-state index contributed by atoms with van der Waals surface area (Å²) in [6.45, 7) is 4.73. The van der Waals surface area contributed by atoms with Gasteiger partial charge in [-0.25, -0.2) is 9.97 Å². The summed E-state index contributed by atoms with van der Waals surface area (Å²) in [4.78, 5) is 67.9. The Labute approximate surface area is 328 Å². The summed E-state index contributed by atoms with van der Waals surface area (Å²) in [5, 5.41) is 9.81. The summed E-state index contributed by atoms with van der Waals surface area (Å²) in [6, 6.07) is 10.9. The van der Waals surface area contributed by atoms with Crippen molar-refractivity contribution < 1.29 is 23.9 Å². The van der Waals surface area contributed by atoms with Crippen LogP contribution in [0.15, 0.2) is 42.6 Å². The molecule has 3 aromatic heterocycles. The summed E-state index contributed by atoms with van der Waals surface area (Å²) < 4.78 is 7.39. The molecule has 3 N–H and O–H groups in total. The van der Waals surface area contributed by atoms with E-state index in [-0.39, 0.29) is 40.5 Å². The number of rotatable bonds is 10. The fraction of sp³-hybridized carbons (Fsp3) is 0.410. The zero-order valence-electron chi connectivity index (χ0n) is 31.0. The number of halogens is 2. The minimum Gasteiger partial charge on any atom is -0.481 e. The molecule has 0 spiro atoms. The van der Waals surface area contributed by atoms with Gasteiger partial charge < -0.3 is 35.1 Å². The number of amides is 4. The Kier molecular flexibility index (Phi) is 11.4. The van der Waals surface area contributed by atoms with Crippen molar-refractivity contribution in [3.63, 3.8) is 0 Å². The van der Waals surface area contributed by atoms with Crippen molar-refractivity contribution in [2.45, 2.75) is 58.2 Å². The van der Waals surface area contributed by atoms with Crippen molar-refractivity contribution >= 4 is 52.5 Å². The van der Waals surface area contributed by atoms with Gasteiger partial charge in [-0.2, -0.15) is 0 Å². The Morgan fingerprint density at radius 3 is 2.49 bits per heavy atom. The lowest BCUT2D eigenvalue weighted by atomic mass is 9.94. The highest BCUT2D eigenvalue weighted by Gasteiger charge is 2.33. The first-order valence-corrected chi connectivity index (χ1v) is 19.2. The van der Waals surface area contributed by atoms with E-state index in [4.69, 9.17) is 32.9 Å². The molecule has 55 heavy (non-hydrogen) atoms. The molecule has 3 aliphatic rings. The van der Waals surface area contributed by atoms with Gasteiger partial charge in [-0.1, -0.05) is 41.4 Å². The Morgan fingerprint density at radius 1 is 0.964 bits per heavy atom. The highest BCUT2D eigenvalue weighted by molar-refractivity contribution is 6.39. The number of nitrogens with zero attached hydrogens (tertiary/aromatic N) is 6. The maximum Gasteiger partial charge on any atom is 0.291 e. The minimum atomic E-state index is -0.447. The van der Waals surface area contributed by atoms with Gasteiger partial charge in [0.2, 0.25) is 23.6 Å². The van der Waals surface area contributed by atoms with Crippen molar-refractivity contribution in [3.05, 3.63) is 75.4 Å². The molecular weight excluding hydrogens is 745 g/mol. The van der Waals surface area contributed by atoms with E-state index in [1.165, 1.54) is 0 Å². The number of hydrogen-bond acceptors (Lipinski definition) is 9. The molecule has 0 radical (unpaired) electrons. The summed E-state index contributed by atoms with van der Waals surface area (Å²) >= 11 is 13.9. The number of pyridine rings is 2. The molecule has 3 aliphatic heterocycles. The van der Waals surface area contributed by atoms with Crippen LogP contribution in [0.4, 0.5) is 5.69 Å². The van der Waals surface area contributed by atoms with Crippen molar-refractivity contribution in [1.29, 1.82) is 0 Å². The van der Waals surface area contributed by atoms with Gasteiger partial charge in [-0.3, -0.25) is 24.2 Å². The number of carbonyl (C=O) groups excluding carboxylic acids is 4. The third kappa shape index (κ3) is 8.03. The van der Waals surface area contributed by atoms with E-state index in [1.54, 1.807) is 61.0 Å². The molecule has 0 aliphatic carbocycles. The van der Waals surface area contributed by atoms with Gasteiger partial charge in [0.1, 0.15) is 0 Å². The Bertz CT molecular complexity index is 2150. The van der Waals surface area contributed by atoms with Crippen LogP contribution >= 0.6 is 23.2 Å². The normalized spacial score (nSPS) is 17.2. The molecular formula is C39H43Cl2N9O5. The maximum absolute atomic E-state index is 13.7. The smallest absolute Gasteiger partial charge is 0.291 e. The topological polar surface area (TPSA) is 164 Å². The number of benzene rings is 1. The van der Waals surface area contributed by atoms with Crippen molar-refractivity contribution in [3.8, 4) is 28.4 Å². The molecule has 14 nitrogen and oxygen atoms in total. The molecule has 4 aromatic rings. The standard InChI is InChI=1S/C39H43Cl2N9O5/c1-22(51)49-16-12-23(13-17-49)39(54)50-18-14-31-30(21-50)45-36(48(31)2)37(53)46-29-6-4-5-27(33(29)40)35-34(41)26(11-15-43-35)28-9-7-24(38(47-28)55-3)19-42-20-25-8-10-32(52)44-25/h4-7,9,11,15,23,25,42H,8,10,12-14,16-21H2,1-3H3,(H,44,52)(H,46,53). The number of aromatic nitrogens is 4. The lowest BCUT2D eigenvalue weighted by molar-refractivity contribution is -0.140. The first kappa shape index (κ1) is 38.2. The van der Waals surface area contributed by atoms with Gasteiger partial charge in [0, 0.05) is 100 Å². The molecule has 7 rings (SSSR count). The largest absolute Gasteiger partial charge is 0.481 e. The predicted octanol–water partition coefficient (Wildman–Crippen LogP) is 4.62. The zero-order valence-corrected chi connectivity index (χ0v) is 32.5. The van der Waals surface area contributed by atoms with E-state index in [2.05, 4.69) is 25.9 Å². The summed E-state index contributed by atoms with van der Waals surface area (Å²) in [6.07, 6.45) is 4.84. The number of ether oxygens (including phenoxy) is 1. The SMILES string of the molecule is COc1nc(-c2ccnc(-c3cccc(NC(=O)c4nc5c(n4C)CCN(C(=O)C4CCN(C(C)=O)CC4)C5)c3Cl)c2Cl)ccc1CNCC1CCC(=O)N1. The fourth-order valence-corrected chi connectivity index (χ4v) is 8.15. The first-order chi connectivity index (χ1) is 26.5. The van der Waals surface area contributed by atoms with Gasteiger partial charge in [-0.15, -0.1) is 0 Å². The third-order valence-corrected chi connectivity index (χ3v) is 11.4. The quantitative estimate of drug-likeness (QED) is 0.208. The summed E-state index contributed by atoms with van der Waals surface area (Å²) in [5.41, 5.74) is 4.93. The molecule has 2 saturated heterocycles. The summed E-state index contributed by atoms with van der Waals surface area (Å²) in [7, 11) is 3.36. The molecule has 1 aromatic carbocycles. The second kappa shape index (κ2) is 16.4. The fourth-order valence-electron chi connectivity index (χ4n) is 7.58. The van der Waals surface area contributed by atoms with Crippen LogP contribution in [0.2, 0.25) is 10.0 Å². The van der Waals surface area contributed by atoms with E-state index >= 15 is 0 Å². The Balaban J connectivity index is 1.04. The molecule has 16 heteroatoms. The van der Waals surface area contributed by atoms with Crippen LogP contribution in [0.25, 0.3) is 22.5 Å². The number of piperidine rings is 1. The predicted molar refractivity (Wildman–Crippen MR) is 208 cm³/mol. The lowest BCUT2D eigenvalue weighted by Crippen LogP contribution is -2.45. The number of fused-ring (bicyclic) bond motifs is 1. The van der Waals surface area contributed by atoms with Gasteiger partial charge in [0.25, 0.3) is 5.91 Å². The van der Waals surface area contributed by atoms with Crippen LogP contribution in [0.3, 0.4) is 0 Å². The molecule has 1 atom stereocenters. The highest BCUT2D eigenvalue weighted by Crippen LogP contribution is 2.40. The average molecular weight is 789 g/mol. The number of likely N-dealkylation sites (tertiary alicyclic amines) is 1. The number of imidazole rings is 1. The molecule has 0 bridgehead atoms. The second-order valence-corrected chi connectivity index (χ2v) is 14.9. The molecule has 2 fully saturated rings. The lowest BCUT2D eigenvalue weighted by Gasteiger charge is -2.35. The number of carbonyl (C=O) groups is 4. The highest BCUT2D eigenvalue weighted by atomic mass is 35.5. The number of anilines is 1. The van der Waals surface area contributed by atoms with Crippen LogP contribution in [0, 0.1) is 5.92 Å². The van der Waals surface area contributed by atoms with Crippen LogP contribution < -0.4 is 20.7 Å². The summed E-state index contributed by atoms with van der Waals surface area (Å²) in [5.74, 6) is 0.249. The number of hydrogen-bond donors (Lipinski definition) is 3. The van der Waals surface area contributed by atoms with Crippen LogP contribution in [-0.4, -0.2) is 92.3 Å². The zero-order chi connectivity index (χ0) is 38.8. The average Bonchev–Trinajstić information content (AvgIpc) is 3.77. The van der Waals surface area contributed by atoms with Crippen LogP contribution in [-0.2, 0) is 40.9 Å². The van der Waals surface area contributed by atoms with Crippen molar-refractivity contribution in [1.82, 2.24) is 40.0 Å². The monoisotopic (exact) mass is 787 g/mol. The molecule has 0 saturated carbocycles. The van der Waals surface area contributed by atoms with Gasteiger partial charge >= 0.3 is 0 Å².